The number of hydrogen-bond acceptors (Lipinski definition) is 20. The molecule has 4 saturated heterocycles. The molecule has 0 radical (unpaired) electrons. The SMILES string of the molecule is CC(=O)N[C@H]1[C@@H](O[C@H]2[C@@H](O)[C@@H](CO)O[C@@H](O[C@@H]3[C@H](O)[C@@H](O)C(O)O[C@@H]3CO)[C@@H]2O[C@@H]2O[C@@H](C)[C@@H](O)[C@@H](O)[C@@H]2O)O[C@H](CO)[C@H](O)[C@@H]1O. The Morgan fingerprint density at radius 1 is 0.553 bits per heavy atom. The second-order valence-electron chi connectivity index (χ2n) is 11.9. The number of rotatable bonds is 10. The lowest BCUT2D eigenvalue weighted by Crippen LogP contribution is -2.69. The van der Waals surface area contributed by atoms with Gasteiger partial charge in [-0.25, -0.2) is 0 Å². The van der Waals surface area contributed by atoms with Crippen molar-refractivity contribution in [1.82, 2.24) is 5.32 Å². The van der Waals surface area contributed by atoms with E-state index in [1.165, 1.54) is 6.92 Å². The van der Waals surface area contributed by atoms with Gasteiger partial charge in [-0.1, -0.05) is 0 Å². The van der Waals surface area contributed by atoms with Crippen LogP contribution in [0.5, 0.6) is 0 Å². The molecule has 13 N–H and O–H groups in total. The fourth-order valence-corrected chi connectivity index (χ4v) is 5.86. The van der Waals surface area contributed by atoms with Gasteiger partial charge in [0.05, 0.1) is 25.9 Å². The first kappa shape index (κ1) is 38.5. The Labute approximate surface area is 267 Å². The van der Waals surface area contributed by atoms with E-state index in [0.717, 1.165) is 6.92 Å². The molecule has 0 saturated carbocycles. The molecule has 1 unspecified atom stereocenters. The molecule has 4 aliphatic heterocycles. The quantitative estimate of drug-likeness (QED) is 0.101. The van der Waals surface area contributed by atoms with Crippen molar-refractivity contribution in [2.75, 3.05) is 19.8 Å². The lowest BCUT2D eigenvalue weighted by molar-refractivity contribution is -0.400. The minimum atomic E-state index is -1.95. The third-order valence-corrected chi connectivity index (χ3v) is 8.57. The van der Waals surface area contributed by atoms with Gasteiger partial charge >= 0.3 is 0 Å². The van der Waals surface area contributed by atoms with Gasteiger partial charge in [0.15, 0.2) is 25.2 Å². The fourth-order valence-electron chi connectivity index (χ4n) is 5.86. The molecular formula is C26H45NO20. The molecule has 0 aromatic carbocycles. The molecule has 0 spiro atoms. The first-order chi connectivity index (χ1) is 22.1. The molecule has 47 heavy (non-hydrogen) atoms. The van der Waals surface area contributed by atoms with Gasteiger partial charge in [-0.2, -0.15) is 0 Å². The maximum atomic E-state index is 12.0. The van der Waals surface area contributed by atoms with Crippen molar-refractivity contribution in [2.45, 2.75) is 137 Å². The lowest BCUT2D eigenvalue weighted by atomic mass is 9.94. The van der Waals surface area contributed by atoms with Crippen LogP contribution < -0.4 is 5.32 Å². The highest BCUT2D eigenvalue weighted by Crippen LogP contribution is 2.35. The summed E-state index contributed by atoms with van der Waals surface area (Å²) in [5.74, 6) is -0.710. The number of carbonyl (C=O) groups excluding carboxylic acids is 1. The molecule has 4 heterocycles. The second-order valence-corrected chi connectivity index (χ2v) is 11.9. The van der Waals surface area contributed by atoms with Crippen LogP contribution in [0.2, 0.25) is 0 Å². The molecule has 0 bridgehead atoms. The summed E-state index contributed by atoms with van der Waals surface area (Å²) in [7, 11) is 0. The monoisotopic (exact) mass is 691 g/mol. The molecule has 4 fully saturated rings. The minimum absolute atomic E-state index is 0.710. The van der Waals surface area contributed by atoms with Gasteiger partial charge in [-0.15, -0.1) is 0 Å². The van der Waals surface area contributed by atoms with Gasteiger partial charge in [0, 0.05) is 6.92 Å². The van der Waals surface area contributed by atoms with Gasteiger partial charge in [0.2, 0.25) is 5.91 Å². The summed E-state index contributed by atoms with van der Waals surface area (Å²) in [5.41, 5.74) is 0. The van der Waals surface area contributed by atoms with Crippen molar-refractivity contribution in [3.63, 3.8) is 0 Å². The number of nitrogens with one attached hydrogen (secondary N) is 1. The molecule has 0 aliphatic carbocycles. The average Bonchev–Trinajstić information content (AvgIpc) is 3.04. The third-order valence-electron chi connectivity index (χ3n) is 8.57. The Balaban J connectivity index is 1.73. The van der Waals surface area contributed by atoms with Gasteiger partial charge in [0.25, 0.3) is 0 Å². The van der Waals surface area contributed by atoms with Crippen LogP contribution in [0.15, 0.2) is 0 Å². The molecular weight excluding hydrogens is 646 g/mol. The van der Waals surface area contributed by atoms with Crippen LogP contribution in [0.1, 0.15) is 13.8 Å². The Morgan fingerprint density at radius 2 is 1.11 bits per heavy atom. The van der Waals surface area contributed by atoms with Crippen LogP contribution in [-0.2, 0) is 38.0 Å². The first-order valence-electron chi connectivity index (χ1n) is 15.0. The maximum absolute atomic E-state index is 12.0. The molecule has 4 rings (SSSR count). The summed E-state index contributed by atoms with van der Waals surface area (Å²) in [6, 6.07) is -1.54. The van der Waals surface area contributed by atoms with E-state index >= 15 is 0 Å². The van der Waals surface area contributed by atoms with Crippen molar-refractivity contribution in [2.24, 2.45) is 0 Å². The topological polar surface area (TPSA) is 336 Å². The highest BCUT2D eigenvalue weighted by atomic mass is 16.8. The highest BCUT2D eigenvalue weighted by Gasteiger charge is 2.56. The van der Waals surface area contributed by atoms with E-state index in [1.807, 2.05) is 0 Å². The Kier molecular flexibility index (Phi) is 13.2. The van der Waals surface area contributed by atoms with Crippen LogP contribution in [0, 0.1) is 0 Å². The predicted molar refractivity (Wildman–Crippen MR) is 144 cm³/mol. The van der Waals surface area contributed by atoms with Crippen LogP contribution in [0.3, 0.4) is 0 Å². The largest absolute Gasteiger partial charge is 0.394 e. The van der Waals surface area contributed by atoms with Crippen molar-refractivity contribution in [1.29, 1.82) is 0 Å². The minimum Gasteiger partial charge on any atom is -0.394 e. The summed E-state index contributed by atoms with van der Waals surface area (Å²) in [4.78, 5) is 12.0. The van der Waals surface area contributed by atoms with Crippen molar-refractivity contribution in [3.05, 3.63) is 0 Å². The molecule has 1 amide bonds. The van der Waals surface area contributed by atoms with E-state index in [-0.39, 0.29) is 0 Å². The van der Waals surface area contributed by atoms with E-state index in [1.54, 1.807) is 0 Å². The molecule has 20 atom stereocenters. The Morgan fingerprint density at radius 3 is 1.70 bits per heavy atom. The molecule has 274 valence electrons. The number of aliphatic hydroxyl groups excluding tert-OH is 12. The van der Waals surface area contributed by atoms with Gasteiger partial charge in [0.1, 0.15) is 91.5 Å². The Hall–Kier alpha value is -1.29. The zero-order valence-electron chi connectivity index (χ0n) is 25.3. The number of amides is 1. The van der Waals surface area contributed by atoms with Crippen molar-refractivity contribution < 1.29 is 99.2 Å². The van der Waals surface area contributed by atoms with Gasteiger partial charge in [-0.3, -0.25) is 4.79 Å². The first-order valence-corrected chi connectivity index (χ1v) is 15.0. The summed E-state index contributed by atoms with van der Waals surface area (Å²) < 4.78 is 39.7. The molecule has 21 heteroatoms. The lowest BCUT2D eigenvalue weighted by Gasteiger charge is -2.50. The summed E-state index contributed by atoms with van der Waals surface area (Å²) in [6.45, 7) is -0.177. The Bertz CT molecular complexity index is 1010. The zero-order chi connectivity index (χ0) is 34.9. The van der Waals surface area contributed by atoms with E-state index < -0.39 is 148 Å². The second kappa shape index (κ2) is 16.2. The van der Waals surface area contributed by atoms with Gasteiger partial charge < -0.3 is 99.8 Å². The van der Waals surface area contributed by atoms with Crippen molar-refractivity contribution >= 4 is 5.91 Å². The van der Waals surface area contributed by atoms with Gasteiger partial charge in [-0.05, 0) is 6.92 Å². The number of ether oxygens (including phenoxy) is 7. The van der Waals surface area contributed by atoms with Crippen molar-refractivity contribution in [3.8, 4) is 0 Å². The van der Waals surface area contributed by atoms with E-state index in [0.29, 0.717) is 0 Å². The fraction of sp³-hybridized carbons (Fsp3) is 0.962. The van der Waals surface area contributed by atoms with Crippen LogP contribution in [0.4, 0.5) is 0 Å². The number of aliphatic hydroxyl groups is 12. The van der Waals surface area contributed by atoms with E-state index in [4.69, 9.17) is 33.2 Å². The van der Waals surface area contributed by atoms with Crippen LogP contribution in [0.25, 0.3) is 0 Å². The van der Waals surface area contributed by atoms with Crippen LogP contribution in [-0.4, -0.2) is 210 Å². The zero-order valence-corrected chi connectivity index (χ0v) is 25.3. The summed E-state index contributed by atoms with van der Waals surface area (Å²) >= 11 is 0. The smallest absolute Gasteiger partial charge is 0.217 e. The highest BCUT2D eigenvalue weighted by molar-refractivity contribution is 5.73. The normalized spacial score (nSPS) is 51.0. The average molecular weight is 692 g/mol. The summed E-state index contributed by atoms with van der Waals surface area (Å²) in [6.07, 6.45) is -33.0. The maximum Gasteiger partial charge on any atom is 0.217 e. The third kappa shape index (κ3) is 8.04. The van der Waals surface area contributed by atoms with Crippen LogP contribution >= 0.6 is 0 Å². The summed E-state index contributed by atoms with van der Waals surface area (Å²) in [5, 5.41) is 127. The number of hydrogen-bond donors (Lipinski definition) is 13. The predicted octanol–water partition coefficient (Wildman–Crippen LogP) is -8.58. The molecule has 0 aromatic heterocycles. The standard InChI is InChI=1S/C26H45NO20/c1-6-12(32)16(36)19(39)25(41-6)47-22-21(46-24-11(27-7(2)31)15(35)13(33)8(3-28)43-24)14(34)9(4-29)44-26(22)45-20-10(5-30)42-23(40)18(38)17(20)37/h6,8-26,28-30,32-40H,3-5H2,1-2H3,(H,27,31)/t6-,8+,9+,10+,11+,12+,13-,14-,15+,16+,17+,18+,19-,20-,21-,22+,23?,24+,25-,26-/m0/s1. The van der Waals surface area contributed by atoms with E-state index in [2.05, 4.69) is 5.32 Å². The molecule has 4 aliphatic rings. The molecule has 21 nitrogen and oxygen atoms in total. The van der Waals surface area contributed by atoms with E-state index in [9.17, 15) is 66.1 Å². The molecule has 0 aromatic rings. The number of carbonyl (C=O) groups is 1.